The SMILES string of the molecule is Cc1scc(-c2nnc(SCc3cccc4ccccc34)n2C)c1C. The molecular weight excluding hydrogens is 346 g/mol. The molecule has 0 radical (unpaired) electrons. The third-order valence-electron chi connectivity index (χ3n) is 4.60. The maximum atomic E-state index is 4.43. The second-order valence-electron chi connectivity index (χ2n) is 6.12. The minimum absolute atomic E-state index is 0.884. The summed E-state index contributed by atoms with van der Waals surface area (Å²) in [6.07, 6.45) is 0. The van der Waals surface area contributed by atoms with Crippen molar-refractivity contribution in [2.45, 2.75) is 24.8 Å². The Balaban J connectivity index is 1.61. The maximum Gasteiger partial charge on any atom is 0.191 e. The molecule has 126 valence electrons. The van der Waals surface area contributed by atoms with Crippen LogP contribution in [0.15, 0.2) is 53.0 Å². The number of thiophene rings is 1. The van der Waals surface area contributed by atoms with Crippen molar-refractivity contribution in [3.8, 4) is 11.4 Å². The highest BCUT2D eigenvalue weighted by atomic mass is 32.2. The van der Waals surface area contributed by atoms with Crippen LogP contribution < -0.4 is 0 Å². The van der Waals surface area contributed by atoms with E-state index in [2.05, 4.69) is 76.5 Å². The average molecular weight is 366 g/mol. The summed E-state index contributed by atoms with van der Waals surface area (Å²) >= 11 is 3.50. The Kier molecular flexibility index (Phi) is 4.36. The lowest BCUT2D eigenvalue weighted by Gasteiger charge is -2.07. The fourth-order valence-electron chi connectivity index (χ4n) is 2.97. The van der Waals surface area contributed by atoms with Crippen LogP contribution in [-0.4, -0.2) is 14.8 Å². The summed E-state index contributed by atoms with van der Waals surface area (Å²) < 4.78 is 2.10. The Morgan fingerprint density at radius 2 is 1.84 bits per heavy atom. The number of rotatable bonds is 4. The van der Waals surface area contributed by atoms with Crippen molar-refractivity contribution in [2.24, 2.45) is 7.05 Å². The molecule has 0 saturated carbocycles. The Hall–Kier alpha value is -2.11. The first-order valence-corrected chi connectivity index (χ1v) is 10.1. The van der Waals surface area contributed by atoms with Crippen LogP contribution in [0.4, 0.5) is 0 Å². The molecule has 0 unspecified atom stereocenters. The molecule has 4 rings (SSSR count). The van der Waals surface area contributed by atoms with Crippen molar-refractivity contribution in [2.75, 3.05) is 0 Å². The molecule has 0 amide bonds. The van der Waals surface area contributed by atoms with Crippen molar-refractivity contribution >= 4 is 33.9 Å². The number of nitrogens with zero attached hydrogens (tertiary/aromatic N) is 3. The van der Waals surface area contributed by atoms with Gasteiger partial charge in [-0.3, -0.25) is 0 Å². The lowest BCUT2D eigenvalue weighted by atomic mass is 10.1. The average Bonchev–Trinajstić information content (AvgIpc) is 3.16. The highest BCUT2D eigenvalue weighted by molar-refractivity contribution is 7.98. The van der Waals surface area contributed by atoms with E-state index in [0.717, 1.165) is 16.7 Å². The molecule has 0 aliphatic heterocycles. The van der Waals surface area contributed by atoms with Gasteiger partial charge in [0, 0.05) is 28.6 Å². The van der Waals surface area contributed by atoms with Crippen molar-refractivity contribution in [3.05, 3.63) is 63.8 Å². The van der Waals surface area contributed by atoms with E-state index in [9.17, 15) is 0 Å². The number of thioether (sulfide) groups is 1. The quantitative estimate of drug-likeness (QED) is 0.441. The number of benzene rings is 2. The Morgan fingerprint density at radius 3 is 2.64 bits per heavy atom. The summed E-state index contributed by atoms with van der Waals surface area (Å²) in [6, 6.07) is 15.0. The molecule has 0 spiro atoms. The molecule has 4 aromatic rings. The zero-order chi connectivity index (χ0) is 17.4. The van der Waals surface area contributed by atoms with E-state index in [1.54, 1.807) is 23.1 Å². The highest BCUT2D eigenvalue weighted by Crippen LogP contribution is 2.32. The molecule has 0 aliphatic rings. The van der Waals surface area contributed by atoms with Gasteiger partial charge >= 0.3 is 0 Å². The van der Waals surface area contributed by atoms with Gasteiger partial charge in [-0.25, -0.2) is 0 Å². The van der Waals surface area contributed by atoms with Crippen LogP contribution in [0.3, 0.4) is 0 Å². The van der Waals surface area contributed by atoms with Gasteiger partial charge in [0.2, 0.25) is 0 Å². The van der Waals surface area contributed by atoms with Crippen LogP contribution in [-0.2, 0) is 12.8 Å². The number of aromatic nitrogens is 3. The molecule has 5 heteroatoms. The molecular formula is C20H19N3S2. The third kappa shape index (κ3) is 2.98. The summed E-state index contributed by atoms with van der Waals surface area (Å²) in [4.78, 5) is 1.34. The Morgan fingerprint density at radius 1 is 1.04 bits per heavy atom. The lowest BCUT2D eigenvalue weighted by molar-refractivity contribution is 0.793. The number of aryl methyl sites for hydroxylation is 1. The topological polar surface area (TPSA) is 30.7 Å². The van der Waals surface area contributed by atoms with E-state index in [-0.39, 0.29) is 0 Å². The predicted molar refractivity (Wildman–Crippen MR) is 107 cm³/mol. The van der Waals surface area contributed by atoms with Crippen LogP contribution in [0.1, 0.15) is 16.0 Å². The fourth-order valence-corrected chi connectivity index (χ4v) is 4.75. The van der Waals surface area contributed by atoms with Crippen LogP contribution in [0.2, 0.25) is 0 Å². The van der Waals surface area contributed by atoms with E-state index in [4.69, 9.17) is 0 Å². The number of hydrogen-bond acceptors (Lipinski definition) is 4. The van der Waals surface area contributed by atoms with Gasteiger partial charge in [0.05, 0.1) is 0 Å². The minimum atomic E-state index is 0.884. The molecule has 2 aromatic carbocycles. The molecule has 0 saturated heterocycles. The van der Waals surface area contributed by atoms with Gasteiger partial charge in [0.25, 0.3) is 0 Å². The fraction of sp³-hybridized carbons (Fsp3) is 0.200. The third-order valence-corrected chi connectivity index (χ3v) is 6.68. The standard InChI is InChI=1S/C20H19N3S2/c1-13-14(2)24-12-18(13)19-21-22-20(23(19)3)25-11-16-9-6-8-15-7-4-5-10-17(15)16/h4-10,12H,11H2,1-3H3. The normalized spacial score (nSPS) is 11.3. The van der Waals surface area contributed by atoms with Crippen LogP contribution in [0, 0.1) is 13.8 Å². The van der Waals surface area contributed by atoms with E-state index in [0.29, 0.717) is 0 Å². The van der Waals surface area contributed by atoms with Gasteiger partial charge < -0.3 is 4.57 Å². The molecule has 0 fully saturated rings. The van der Waals surface area contributed by atoms with Gasteiger partial charge in [-0.1, -0.05) is 54.2 Å². The first-order valence-electron chi connectivity index (χ1n) is 8.19. The largest absolute Gasteiger partial charge is 0.305 e. The second-order valence-corrected chi connectivity index (χ2v) is 8.15. The molecule has 0 aliphatic carbocycles. The lowest BCUT2D eigenvalue weighted by Crippen LogP contribution is -1.95. The summed E-state index contributed by atoms with van der Waals surface area (Å²) in [5.74, 6) is 1.83. The van der Waals surface area contributed by atoms with Crippen LogP contribution >= 0.6 is 23.1 Å². The summed E-state index contributed by atoms with van der Waals surface area (Å²) in [5, 5.41) is 14.6. The van der Waals surface area contributed by atoms with E-state index in [1.807, 2.05) is 7.05 Å². The smallest absolute Gasteiger partial charge is 0.191 e. The highest BCUT2D eigenvalue weighted by Gasteiger charge is 2.15. The van der Waals surface area contributed by atoms with Crippen molar-refractivity contribution in [3.63, 3.8) is 0 Å². The summed E-state index contributed by atoms with van der Waals surface area (Å²) in [5.41, 5.74) is 3.82. The Labute approximate surface area is 155 Å². The first-order chi connectivity index (χ1) is 12.1. The zero-order valence-electron chi connectivity index (χ0n) is 14.5. The van der Waals surface area contributed by atoms with E-state index >= 15 is 0 Å². The van der Waals surface area contributed by atoms with Crippen LogP contribution in [0.25, 0.3) is 22.2 Å². The minimum Gasteiger partial charge on any atom is -0.305 e. The molecule has 0 atom stereocenters. The molecule has 25 heavy (non-hydrogen) atoms. The number of fused-ring (bicyclic) bond motifs is 1. The van der Waals surface area contributed by atoms with Gasteiger partial charge in [-0.2, -0.15) is 0 Å². The van der Waals surface area contributed by atoms with Gasteiger partial charge in [-0.15, -0.1) is 21.5 Å². The molecule has 0 bridgehead atoms. The summed E-state index contributed by atoms with van der Waals surface area (Å²) in [7, 11) is 2.05. The predicted octanol–water partition coefficient (Wildman–Crippen LogP) is 5.61. The number of hydrogen-bond donors (Lipinski definition) is 0. The van der Waals surface area contributed by atoms with Crippen LogP contribution in [0.5, 0.6) is 0 Å². The van der Waals surface area contributed by atoms with Gasteiger partial charge in [0.15, 0.2) is 11.0 Å². The van der Waals surface area contributed by atoms with Gasteiger partial charge in [-0.05, 0) is 35.7 Å². The van der Waals surface area contributed by atoms with E-state index < -0.39 is 0 Å². The second kappa shape index (κ2) is 6.65. The first kappa shape index (κ1) is 16.4. The molecule has 0 N–H and O–H groups in total. The Bertz CT molecular complexity index is 1040. The maximum absolute atomic E-state index is 4.43. The van der Waals surface area contributed by atoms with Crippen molar-refractivity contribution < 1.29 is 0 Å². The molecule has 2 heterocycles. The van der Waals surface area contributed by atoms with Gasteiger partial charge in [0.1, 0.15) is 0 Å². The molecule has 3 nitrogen and oxygen atoms in total. The van der Waals surface area contributed by atoms with E-state index in [1.165, 1.54) is 32.3 Å². The van der Waals surface area contributed by atoms with Crippen molar-refractivity contribution in [1.82, 2.24) is 14.8 Å². The van der Waals surface area contributed by atoms with Crippen molar-refractivity contribution in [1.29, 1.82) is 0 Å². The monoisotopic (exact) mass is 365 g/mol. The molecule has 2 aromatic heterocycles. The zero-order valence-corrected chi connectivity index (χ0v) is 16.1. The summed E-state index contributed by atoms with van der Waals surface area (Å²) in [6.45, 7) is 4.30.